The minimum atomic E-state index is -0.472. The summed E-state index contributed by atoms with van der Waals surface area (Å²) in [5.74, 6) is 0.885. The molecule has 154 valence electrons. The van der Waals surface area contributed by atoms with Crippen LogP contribution in [-0.4, -0.2) is 16.9 Å². The number of furan rings is 1. The lowest BCUT2D eigenvalue weighted by Crippen LogP contribution is -2.44. The van der Waals surface area contributed by atoms with E-state index in [0.717, 1.165) is 16.9 Å². The summed E-state index contributed by atoms with van der Waals surface area (Å²) in [7, 11) is 0. The summed E-state index contributed by atoms with van der Waals surface area (Å²) in [5, 5.41) is 3.31. The molecule has 2 aromatic carbocycles. The Kier molecular flexibility index (Phi) is 4.82. The van der Waals surface area contributed by atoms with E-state index in [4.69, 9.17) is 9.40 Å². The van der Waals surface area contributed by atoms with Crippen LogP contribution in [0.25, 0.3) is 11.3 Å². The second kappa shape index (κ2) is 7.80. The highest BCUT2D eigenvalue weighted by molar-refractivity contribution is 5.82. The van der Waals surface area contributed by atoms with Gasteiger partial charge in [-0.25, -0.2) is 14.2 Å². The van der Waals surface area contributed by atoms with Crippen LogP contribution in [0.4, 0.5) is 10.2 Å². The van der Waals surface area contributed by atoms with Crippen LogP contribution in [0.3, 0.4) is 0 Å². The first-order chi connectivity index (χ1) is 15.1. The number of nitrogens with zero attached hydrogens (tertiary/aromatic N) is 2. The smallest absolute Gasteiger partial charge is 0.359 e. The maximum atomic E-state index is 14.6. The molecule has 0 amide bonds. The fourth-order valence-electron chi connectivity index (χ4n) is 3.92. The number of benzene rings is 2. The number of carbonyl (C=O) groups excluding carboxylic acids is 1. The van der Waals surface area contributed by atoms with Crippen LogP contribution in [0.5, 0.6) is 0 Å². The van der Waals surface area contributed by atoms with Crippen molar-refractivity contribution in [2.24, 2.45) is 0 Å². The van der Waals surface area contributed by atoms with Crippen molar-refractivity contribution in [1.82, 2.24) is 4.98 Å². The average molecular weight is 414 g/mol. The number of rotatable bonds is 5. The van der Waals surface area contributed by atoms with E-state index in [9.17, 15) is 9.18 Å². The largest absolute Gasteiger partial charge is 0.469 e. The van der Waals surface area contributed by atoms with Gasteiger partial charge in [-0.2, -0.15) is 4.57 Å². The Hall–Kier alpha value is -3.80. The number of halogens is 1. The predicted molar refractivity (Wildman–Crippen MR) is 114 cm³/mol. The van der Waals surface area contributed by atoms with Crippen molar-refractivity contribution >= 4 is 11.7 Å². The van der Waals surface area contributed by atoms with Gasteiger partial charge in [0.15, 0.2) is 0 Å². The number of anilines is 1. The molecule has 0 saturated carbocycles. The Morgan fingerprint density at radius 1 is 1.13 bits per heavy atom. The molecule has 1 aliphatic rings. The van der Waals surface area contributed by atoms with Gasteiger partial charge in [-0.3, -0.25) is 5.32 Å². The number of fused-ring (bicyclic) bond motifs is 1. The fraction of sp³-hybridized carbons (Fsp3) is 0.160. The third-order valence-corrected chi connectivity index (χ3v) is 5.47. The lowest BCUT2D eigenvalue weighted by Gasteiger charge is -2.08. The van der Waals surface area contributed by atoms with Crippen LogP contribution < -0.4 is 9.88 Å². The van der Waals surface area contributed by atoms with Crippen LogP contribution in [0, 0.1) is 12.7 Å². The first-order valence-corrected chi connectivity index (χ1v) is 10.2. The van der Waals surface area contributed by atoms with Crippen molar-refractivity contribution in [3.8, 4) is 11.3 Å². The third kappa shape index (κ3) is 3.72. The number of carbonyl (C=O) groups is 1. The van der Waals surface area contributed by atoms with E-state index >= 15 is 0 Å². The van der Waals surface area contributed by atoms with Gasteiger partial charge in [0, 0.05) is 12.0 Å². The maximum Gasteiger partial charge on any atom is 0.359 e. The number of aromatic nitrogens is 2. The minimum Gasteiger partial charge on any atom is -0.469 e. The average Bonchev–Trinajstić information content (AvgIpc) is 3.40. The van der Waals surface area contributed by atoms with Gasteiger partial charge in [-0.15, -0.1) is 0 Å². The van der Waals surface area contributed by atoms with E-state index in [1.54, 1.807) is 35.2 Å². The zero-order valence-electron chi connectivity index (χ0n) is 17.0. The molecular weight excluding hydrogens is 393 g/mol. The highest BCUT2D eigenvalue weighted by atomic mass is 19.1. The van der Waals surface area contributed by atoms with Crippen molar-refractivity contribution < 1.29 is 18.2 Å². The van der Waals surface area contributed by atoms with Crippen LogP contribution in [-0.2, 0) is 12.8 Å². The second-order valence-corrected chi connectivity index (χ2v) is 7.76. The summed E-state index contributed by atoms with van der Waals surface area (Å²) in [4.78, 5) is 18.0. The van der Waals surface area contributed by atoms with E-state index in [0.29, 0.717) is 35.6 Å². The Morgan fingerprint density at radius 3 is 2.74 bits per heavy atom. The van der Waals surface area contributed by atoms with E-state index < -0.39 is 6.04 Å². The molecule has 6 heteroatoms. The van der Waals surface area contributed by atoms with Crippen molar-refractivity contribution in [3.63, 3.8) is 0 Å². The summed E-state index contributed by atoms with van der Waals surface area (Å²) in [5.41, 5.74) is 3.49. The molecule has 0 saturated heterocycles. The molecule has 4 aromatic rings. The quantitative estimate of drug-likeness (QED) is 0.494. The number of hydrogen-bond acceptors (Lipinski definition) is 4. The monoisotopic (exact) mass is 414 g/mol. The highest BCUT2D eigenvalue weighted by Gasteiger charge is 2.41. The summed E-state index contributed by atoms with van der Waals surface area (Å²) in [6.07, 6.45) is 4.16. The third-order valence-electron chi connectivity index (χ3n) is 5.47. The zero-order chi connectivity index (χ0) is 21.4. The molecule has 1 N–H and O–H groups in total. The first kappa shape index (κ1) is 19.2. The van der Waals surface area contributed by atoms with Gasteiger partial charge in [0.2, 0.25) is 6.04 Å². The topological polar surface area (TPSA) is 59.0 Å². The molecule has 31 heavy (non-hydrogen) atoms. The zero-order valence-corrected chi connectivity index (χ0v) is 17.0. The number of nitrogens with one attached hydrogen (secondary N) is 1. The van der Waals surface area contributed by atoms with Gasteiger partial charge in [0.1, 0.15) is 29.2 Å². The molecule has 0 fully saturated rings. The van der Waals surface area contributed by atoms with E-state index in [-0.39, 0.29) is 11.7 Å². The van der Waals surface area contributed by atoms with Gasteiger partial charge < -0.3 is 4.42 Å². The molecule has 0 bridgehead atoms. The van der Waals surface area contributed by atoms with Crippen molar-refractivity contribution in [2.75, 3.05) is 5.32 Å². The van der Waals surface area contributed by atoms with E-state index in [1.807, 2.05) is 43.3 Å². The van der Waals surface area contributed by atoms with Gasteiger partial charge in [0.25, 0.3) is 0 Å². The molecule has 5 nitrogen and oxygen atoms in total. The summed E-state index contributed by atoms with van der Waals surface area (Å²) >= 11 is 0. The molecule has 0 spiro atoms. The van der Waals surface area contributed by atoms with Gasteiger partial charge in [-0.05, 0) is 36.8 Å². The predicted octanol–water partition coefficient (Wildman–Crippen LogP) is 4.34. The Morgan fingerprint density at radius 2 is 1.97 bits per heavy atom. The lowest BCUT2D eigenvalue weighted by molar-refractivity contribution is -0.552. The molecule has 5 rings (SSSR count). The summed E-state index contributed by atoms with van der Waals surface area (Å²) < 4.78 is 21.6. The Bertz CT molecular complexity index is 1250. The summed E-state index contributed by atoms with van der Waals surface area (Å²) in [6, 6.07) is 18.0. The van der Waals surface area contributed by atoms with Crippen molar-refractivity contribution in [1.29, 1.82) is 0 Å². The van der Waals surface area contributed by atoms with Crippen molar-refractivity contribution in [3.05, 3.63) is 102 Å². The normalized spacial score (nSPS) is 15.0. The molecule has 1 atom stereocenters. The molecule has 0 aliphatic carbocycles. The lowest BCUT2D eigenvalue weighted by atomic mass is 10.1. The molecule has 1 aliphatic heterocycles. The molecule has 0 radical (unpaired) electrons. The van der Waals surface area contributed by atoms with Gasteiger partial charge >= 0.3 is 11.7 Å². The van der Waals surface area contributed by atoms with Crippen molar-refractivity contribution in [2.45, 2.75) is 25.8 Å². The highest BCUT2D eigenvalue weighted by Crippen LogP contribution is 2.27. The SMILES string of the molecule is Cc1ccc(F)c(-c2c[n+]3c(c(Cc4ccccc4)n2)NC(Cc2ccco2)C3=O)c1. The van der Waals surface area contributed by atoms with Crippen LogP contribution in [0.2, 0.25) is 0 Å². The fourth-order valence-corrected chi connectivity index (χ4v) is 3.92. The number of hydrogen-bond donors (Lipinski definition) is 1. The van der Waals surface area contributed by atoms with Crippen LogP contribution in [0.1, 0.15) is 27.4 Å². The molecular formula is C25H21FN3O2+. The van der Waals surface area contributed by atoms with Crippen LogP contribution in [0.15, 0.2) is 77.5 Å². The van der Waals surface area contributed by atoms with E-state index in [2.05, 4.69) is 5.32 Å². The molecule has 3 heterocycles. The summed E-state index contributed by atoms with van der Waals surface area (Å²) in [6.45, 7) is 1.90. The van der Waals surface area contributed by atoms with E-state index in [1.165, 1.54) is 6.07 Å². The Labute approximate surface area is 179 Å². The molecule has 2 aromatic heterocycles. The first-order valence-electron chi connectivity index (χ1n) is 10.2. The minimum absolute atomic E-state index is 0.113. The standard InChI is InChI=1S/C25H20FN3O2/c1-16-9-10-20(26)19(12-16)23-15-29-24(21(27-23)13-17-6-3-2-4-7-17)28-22(25(29)30)14-18-8-5-11-31-18/h2-12,15,22H,13-14H2,1H3/p+1. The van der Waals surface area contributed by atoms with Gasteiger partial charge in [0.05, 0.1) is 12.7 Å². The Balaban J connectivity index is 1.60. The second-order valence-electron chi connectivity index (χ2n) is 7.76. The molecule has 1 unspecified atom stereocenters. The van der Waals surface area contributed by atoms with Crippen LogP contribution >= 0.6 is 0 Å². The van der Waals surface area contributed by atoms with Gasteiger partial charge in [-0.1, -0.05) is 42.0 Å². The number of aryl methyl sites for hydroxylation is 1. The maximum absolute atomic E-state index is 14.6.